The monoisotopic (exact) mass is 303 g/mol. The molecule has 11 heteroatoms. The van der Waals surface area contributed by atoms with Crippen molar-refractivity contribution in [3.05, 3.63) is 45.4 Å². The summed E-state index contributed by atoms with van der Waals surface area (Å²) in [6, 6.07) is 3.82. The van der Waals surface area contributed by atoms with Crippen molar-refractivity contribution in [2.24, 2.45) is 4.99 Å². The van der Waals surface area contributed by atoms with Gasteiger partial charge in [0.2, 0.25) is 0 Å². The molecule has 1 aromatic carbocycles. The third-order valence-corrected chi connectivity index (χ3v) is 2.55. The largest absolute Gasteiger partial charge is 0.438 e. The SMILES string of the molecule is CN=c1c([N+](=O)[O-])nn(-c2cccc(C(F)(F)F)c2)n1O. The van der Waals surface area contributed by atoms with E-state index in [-0.39, 0.29) is 10.5 Å². The zero-order chi connectivity index (χ0) is 15.8. The minimum absolute atomic E-state index is 0.202. The van der Waals surface area contributed by atoms with Crippen LogP contribution in [0.3, 0.4) is 0 Å². The van der Waals surface area contributed by atoms with Crippen LogP contribution in [-0.4, -0.2) is 31.9 Å². The molecular formula is C10H8F3N5O3. The first kappa shape index (κ1) is 14.6. The van der Waals surface area contributed by atoms with E-state index in [0.717, 1.165) is 12.1 Å². The second kappa shape index (κ2) is 4.92. The number of benzene rings is 1. The number of nitro groups is 1. The Bertz CT molecular complexity index is 762. The fourth-order valence-corrected chi connectivity index (χ4v) is 1.64. The zero-order valence-electron chi connectivity index (χ0n) is 10.4. The molecule has 21 heavy (non-hydrogen) atoms. The van der Waals surface area contributed by atoms with Gasteiger partial charge in [0.05, 0.1) is 10.7 Å². The lowest BCUT2D eigenvalue weighted by Gasteiger charge is -2.07. The predicted octanol–water partition coefficient (Wildman–Crippen LogP) is 1.37. The molecule has 0 bridgehead atoms. The van der Waals surface area contributed by atoms with Crippen LogP contribution in [0.4, 0.5) is 19.0 Å². The van der Waals surface area contributed by atoms with Crippen LogP contribution in [0.15, 0.2) is 29.3 Å². The smallest absolute Gasteiger partial charge is 0.409 e. The van der Waals surface area contributed by atoms with Gasteiger partial charge < -0.3 is 15.3 Å². The van der Waals surface area contributed by atoms with E-state index in [2.05, 4.69) is 10.1 Å². The van der Waals surface area contributed by atoms with Gasteiger partial charge in [-0.15, -0.1) is 0 Å². The molecule has 0 unspecified atom stereocenters. The minimum atomic E-state index is -4.59. The maximum absolute atomic E-state index is 12.6. The molecule has 0 atom stereocenters. The lowest BCUT2D eigenvalue weighted by Crippen LogP contribution is -2.22. The summed E-state index contributed by atoms with van der Waals surface area (Å²) in [5, 5.41) is 24.0. The normalized spacial score (nSPS) is 12.7. The number of halogens is 3. The van der Waals surface area contributed by atoms with Crippen molar-refractivity contribution in [1.82, 2.24) is 14.7 Å². The molecule has 1 aromatic heterocycles. The number of aromatic nitrogens is 3. The molecule has 0 aliphatic carbocycles. The highest BCUT2D eigenvalue weighted by molar-refractivity contribution is 5.36. The van der Waals surface area contributed by atoms with Gasteiger partial charge in [0.1, 0.15) is 5.69 Å². The fraction of sp³-hybridized carbons (Fsp3) is 0.200. The molecule has 2 aromatic rings. The van der Waals surface area contributed by atoms with Crippen LogP contribution in [-0.2, 0) is 6.18 Å². The highest BCUT2D eigenvalue weighted by Crippen LogP contribution is 2.30. The molecular weight excluding hydrogens is 295 g/mol. The van der Waals surface area contributed by atoms with Crippen LogP contribution in [0.1, 0.15) is 5.56 Å². The summed E-state index contributed by atoms with van der Waals surface area (Å²) in [5.74, 6) is -0.780. The number of nitrogens with zero attached hydrogens (tertiary/aromatic N) is 5. The average molecular weight is 303 g/mol. The summed E-state index contributed by atoms with van der Waals surface area (Å²) in [6.07, 6.45) is -4.59. The number of hydrogen-bond acceptors (Lipinski definition) is 5. The van der Waals surface area contributed by atoms with Gasteiger partial charge in [-0.05, 0) is 27.9 Å². The van der Waals surface area contributed by atoms with E-state index < -0.39 is 28.0 Å². The molecule has 0 aliphatic rings. The van der Waals surface area contributed by atoms with Gasteiger partial charge in [-0.1, -0.05) is 10.9 Å². The molecule has 0 spiro atoms. The van der Waals surface area contributed by atoms with Crippen LogP contribution in [0.2, 0.25) is 0 Å². The Morgan fingerprint density at radius 2 is 2.10 bits per heavy atom. The third-order valence-electron chi connectivity index (χ3n) is 2.55. The van der Waals surface area contributed by atoms with E-state index in [9.17, 15) is 28.5 Å². The number of rotatable bonds is 2. The molecule has 0 fully saturated rings. The number of alkyl halides is 3. The average Bonchev–Trinajstić information content (AvgIpc) is 2.75. The van der Waals surface area contributed by atoms with E-state index in [1.54, 1.807) is 0 Å². The maximum atomic E-state index is 12.6. The van der Waals surface area contributed by atoms with Crippen LogP contribution >= 0.6 is 0 Å². The molecule has 0 saturated heterocycles. The van der Waals surface area contributed by atoms with Crippen LogP contribution in [0, 0.1) is 10.1 Å². The van der Waals surface area contributed by atoms with Crippen molar-refractivity contribution in [3.63, 3.8) is 0 Å². The molecule has 0 aliphatic heterocycles. The lowest BCUT2D eigenvalue weighted by atomic mass is 10.2. The zero-order valence-corrected chi connectivity index (χ0v) is 10.4. The summed E-state index contributed by atoms with van der Waals surface area (Å²) in [5.41, 5.74) is -1.67. The van der Waals surface area contributed by atoms with Crippen molar-refractivity contribution >= 4 is 5.82 Å². The van der Waals surface area contributed by atoms with Crippen molar-refractivity contribution in [2.75, 3.05) is 7.05 Å². The fourth-order valence-electron chi connectivity index (χ4n) is 1.64. The topological polar surface area (TPSA) is 98.5 Å². The molecule has 2 rings (SSSR count). The lowest BCUT2D eigenvalue weighted by molar-refractivity contribution is -0.391. The summed E-state index contributed by atoms with van der Waals surface area (Å²) >= 11 is 0. The van der Waals surface area contributed by atoms with Gasteiger partial charge in [-0.2, -0.15) is 13.2 Å². The number of hydrogen-bond donors (Lipinski definition) is 1. The first-order valence-electron chi connectivity index (χ1n) is 5.42. The van der Waals surface area contributed by atoms with Crippen LogP contribution < -0.4 is 5.49 Å². The quantitative estimate of drug-likeness (QED) is 0.514. The summed E-state index contributed by atoms with van der Waals surface area (Å²) in [4.78, 5) is 14.1. The Morgan fingerprint density at radius 1 is 1.43 bits per heavy atom. The molecule has 1 heterocycles. The molecule has 0 amide bonds. The van der Waals surface area contributed by atoms with E-state index in [1.165, 1.54) is 13.1 Å². The molecule has 0 saturated carbocycles. The van der Waals surface area contributed by atoms with Crippen LogP contribution in [0.25, 0.3) is 5.69 Å². The highest BCUT2D eigenvalue weighted by Gasteiger charge is 2.31. The first-order chi connectivity index (χ1) is 9.75. The Hall–Kier alpha value is -2.85. The molecule has 0 radical (unpaired) electrons. The Kier molecular flexibility index (Phi) is 3.41. The Labute approximate surface area is 114 Å². The minimum Gasteiger partial charge on any atom is -0.409 e. The highest BCUT2D eigenvalue weighted by atomic mass is 19.4. The van der Waals surface area contributed by atoms with E-state index in [1.807, 2.05) is 0 Å². The second-order valence-corrected chi connectivity index (χ2v) is 3.85. The van der Waals surface area contributed by atoms with Crippen LogP contribution in [0.5, 0.6) is 0 Å². The van der Waals surface area contributed by atoms with Crippen molar-refractivity contribution in [2.45, 2.75) is 6.18 Å². The predicted molar refractivity (Wildman–Crippen MR) is 61.9 cm³/mol. The third kappa shape index (κ3) is 2.57. The molecule has 112 valence electrons. The summed E-state index contributed by atoms with van der Waals surface area (Å²) in [6.45, 7) is 0. The Balaban J connectivity index is 2.66. The van der Waals surface area contributed by atoms with Gasteiger partial charge in [0.25, 0.3) is 5.49 Å². The standard InChI is InChI=1S/C10H8F3N5O3/c1-14-8-9(18(20)21)15-16(17(8)19)7-4-2-3-6(5-7)10(11,12)13/h2-5,19H,1H3. The van der Waals surface area contributed by atoms with E-state index in [0.29, 0.717) is 10.9 Å². The second-order valence-electron chi connectivity index (χ2n) is 3.85. The van der Waals surface area contributed by atoms with Crippen molar-refractivity contribution in [3.8, 4) is 5.69 Å². The molecule has 8 nitrogen and oxygen atoms in total. The van der Waals surface area contributed by atoms with Gasteiger partial charge in [-0.3, -0.25) is 4.99 Å². The first-order valence-corrected chi connectivity index (χ1v) is 5.42. The Morgan fingerprint density at radius 3 is 2.57 bits per heavy atom. The summed E-state index contributed by atoms with van der Waals surface area (Å²) in [7, 11) is 1.17. The van der Waals surface area contributed by atoms with Crippen molar-refractivity contribution in [1.29, 1.82) is 0 Å². The van der Waals surface area contributed by atoms with Gasteiger partial charge in [0, 0.05) is 7.05 Å². The van der Waals surface area contributed by atoms with Gasteiger partial charge in [-0.25, -0.2) is 0 Å². The van der Waals surface area contributed by atoms with Crippen molar-refractivity contribution < 1.29 is 23.3 Å². The van der Waals surface area contributed by atoms with E-state index in [4.69, 9.17) is 0 Å². The van der Waals surface area contributed by atoms with E-state index >= 15 is 0 Å². The molecule has 1 N–H and O–H groups in total. The maximum Gasteiger partial charge on any atom is 0.438 e. The summed E-state index contributed by atoms with van der Waals surface area (Å²) < 4.78 is 37.9. The van der Waals surface area contributed by atoms with Gasteiger partial charge in [0.15, 0.2) is 0 Å². The van der Waals surface area contributed by atoms with Gasteiger partial charge >= 0.3 is 12.0 Å².